The van der Waals surface area contributed by atoms with Crippen LogP contribution in [0.15, 0.2) is 11.6 Å². The zero-order chi connectivity index (χ0) is 20.6. The Kier molecular flexibility index (Phi) is 4.84. The zero-order valence-electron chi connectivity index (χ0n) is 19.5. The molecule has 5 aliphatic rings. The molecule has 0 aromatic rings. The third kappa shape index (κ3) is 3.02. The first-order chi connectivity index (χ1) is 13.7. The first kappa shape index (κ1) is 20.6. The lowest BCUT2D eigenvalue weighted by Crippen LogP contribution is -2.51. The van der Waals surface area contributed by atoms with Gasteiger partial charge in [-0.3, -0.25) is 0 Å². The Labute approximate surface area is 178 Å². The lowest BCUT2D eigenvalue weighted by Gasteiger charge is -2.58. The van der Waals surface area contributed by atoms with E-state index >= 15 is 0 Å². The van der Waals surface area contributed by atoms with Gasteiger partial charge >= 0.3 is 0 Å². The van der Waals surface area contributed by atoms with Crippen LogP contribution in [-0.4, -0.2) is 22.9 Å². The van der Waals surface area contributed by atoms with Crippen molar-refractivity contribution >= 4 is 0 Å². The van der Waals surface area contributed by atoms with E-state index in [2.05, 4.69) is 40.7 Å². The van der Waals surface area contributed by atoms with Crippen molar-refractivity contribution in [2.45, 2.75) is 117 Å². The fourth-order valence-electron chi connectivity index (χ4n) is 8.99. The summed E-state index contributed by atoms with van der Waals surface area (Å²) in [7, 11) is 0. The maximum absolute atomic E-state index is 10.2. The van der Waals surface area contributed by atoms with E-state index in [9.17, 15) is 5.11 Å². The van der Waals surface area contributed by atoms with Crippen LogP contribution in [0.2, 0.25) is 0 Å². The van der Waals surface area contributed by atoms with Gasteiger partial charge in [0.15, 0.2) is 0 Å². The van der Waals surface area contributed by atoms with Crippen molar-refractivity contribution in [2.75, 3.05) is 0 Å². The second kappa shape index (κ2) is 6.83. The van der Waals surface area contributed by atoms with Crippen LogP contribution in [0, 0.1) is 40.4 Å². The van der Waals surface area contributed by atoms with Crippen molar-refractivity contribution in [3.8, 4) is 0 Å². The van der Waals surface area contributed by atoms with Gasteiger partial charge in [0, 0.05) is 0 Å². The van der Waals surface area contributed by atoms with Gasteiger partial charge in [0.1, 0.15) is 0 Å². The maximum Gasteiger partial charge on any atom is 0.0953 e. The van der Waals surface area contributed by atoms with Gasteiger partial charge in [0.2, 0.25) is 0 Å². The Balaban J connectivity index is 1.35. The Hall–Kier alpha value is -0.340. The van der Waals surface area contributed by atoms with Gasteiger partial charge in [-0.25, -0.2) is 0 Å². The second-order valence-electron chi connectivity index (χ2n) is 12.6. The Morgan fingerprint density at radius 3 is 2.62 bits per heavy atom. The molecule has 3 saturated carbocycles. The molecule has 1 N–H and O–H groups in total. The highest BCUT2D eigenvalue weighted by molar-refractivity contribution is 5.26. The molecule has 29 heavy (non-hydrogen) atoms. The molecule has 164 valence electrons. The largest absolute Gasteiger partial charge is 0.393 e. The van der Waals surface area contributed by atoms with E-state index in [1.54, 1.807) is 5.57 Å². The minimum Gasteiger partial charge on any atom is -0.393 e. The number of aliphatic hydroxyl groups excluding tert-OH is 1. The molecule has 1 aliphatic heterocycles. The monoisotopic (exact) mass is 400 g/mol. The van der Waals surface area contributed by atoms with E-state index in [0.29, 0.717) is 16.9 Å². The van der Waals surface area contributed by atoms with Crippen LogP contribution in [-0.2, 0) is 4.74 Å². The molecule has 4 aliphatic carbocycles. The zero-order valence-corrected chi connectivity index (χ0v) is 19.5. The minimum absolute atomic E-state index is 0.0923. The average molecular weight is 401 g/mol. The van der Waals surface area contributed by atoms with Crippen LogP contribution >= 0.6 is 0 Å². The highest BCUT2D eigenvalue weighted by Gasteiger charge is 2.67. The van der Waals surface area contributed by atoms with Gasteiger partial charge in [-0.05, 0) is 112 Å². The van der Waals surface area contributed by atoms with Crippen LogP contribution in [0.5, 0.6) is 0 Å². The fraction of sp³-hybridized carbons (Fsp3) is 0.926. The quantitative estimate of drug-likeness (QED) is 0.430. The van der Waals surface area contributed by atoms with Gasteiger partial charge < -0.3 is 9.84 Å². The Morgan fingerprint density at radius 1 is 1.07 bits per heavy atom. The molecule has 5 rings (SSSR count). The fourth-order valence-corrected chi connectivity index (χ4v) is 8.99. The molecule has 2 heteroatoms. The molecule has 2 nitrogen and oxygen atoms in total. The smallest absolute Gasteiger partial charge is 0.0953 e. The SMILES string of the molecule is CC(C)CC[C@@H]1O[C@]1(C)[C@H]1CC[C@H]2[C@@H]3CC=C4C[C@@H](O)CC[C@]4(C)[C@H]3CC[C@@]21C. The van der Waals surface area contributed by atoms with Gasteiger partial charge in [-0.2, -0.15) is 0 Å². The molecule has 0 aromatic carbocycles. The van der Waals surface area contributed by atoms with Crippen molar-refractivity contribution in [2.24, 2.45) is 40.4 Å². The number of rotatable bonds is 4. The molecule has 1 heterocycles. The number of hydrogen-bond donors (Lipinski definition) is 1. The Morgan fingerprint density at radius 2 is 1.86 bits per heavy atom. The maximum atomic E-state index is 10.2. The second-order valence-corrected chi connectivity index (χ2v) is 12.6. The lowest BCUT2D eigenvalue weighted by molar-refractivity contribution is -0.0596. The van der Waals surface area contributed by atoms with E-state index in [4.69, 9.17) is 4.74 Å². The number of hydrogen-bond acceptors (Lipinski definition) is 2. The number of ether oxygens (including phenoxy) is 1. The van der Waals surface area contributed by atoms with E-state index in [0.717, 1.165) is 42.4 Å². The van der Waals surface area contributed by atoms with Crippen molar-refractivity contribution in [3.63, 3.8) is 0 Å². The molecule has 0 radical (unpaired) electrons. The van der Waals surface area contributed by atoms with Gasteiger partial charge in [0.25, 0.3) is 0 Å². The summed E-state index contributed by atoms with van der Waals surface area (Å²) in [5.74, 6) is 4.11. The molecule has 0 bridgehead atoms. The number of fused-ring (bicyclic) bond motifs is 5. The first-order valence-electron chi connectivity index (χ1n) is 12.7. The predicted octanol–water partition coefficient (Wildman–Crippen LogP) is 6.52. The highest BCUT2D eigenvalue weighted by atomic mass is 16.6. The van der Waals surface area contributed by atoms with E-state index in [1.165, 1.54) is 51.4 Å². The average Bonchev–Trinajstić information content (AvgIpc) is 3.17. The summed E-state index contributed by atoms with van der Waals surface area (Å²) in [6, 6.07) is 0. The van der Waals surface area contributed by atoms with Crippen LogP contribution in [0.4, 0.5) is 0 Å². The topological polar surface area (TPSA) is 32.8 Å². The van der Waals surface area contributed by atoms with Gasteiger partial charge in [-0.1, -0.05) is 39.3 Å². The van der Waals surface area contributed by atoms with Gasteiger partial charge in [0.05, 0.1) is 17.8 Å². The van der Waals surface area contributed by atoms with Crippen LogP contribution in [0.1, 0.15) is 98.8 Å². The van der Waals surface area contributed by atoms with Crippen molar-refractivity contribution < 1.29 is 9.84 Å². The third-order valence-electron chi connectivity index (χ3n) is 10.8. The summed E-state index contributed by atoms with van der Waals surface area (Å²) in [4.78, 5) is 0. The standard InChI is InChI=1S/C27H44O2/c1-17(2)6-11-24-27(5,29-24)23-10-9-21-20-8-7-18-16-19(28)12-14-25(18,3)22(20)13-15-26(21,23)4/h7,17,19-24,28H,6,8-16H2,1-5H3/t19-,20-,21-,22-,23-,24-,25-,26-,27+/m0/s1. The molecule has 0 aromatic heterocycles. The molecule has 1 saturated heterocycles. The highest BCUT2D eigenvalue weighted by Crippen LogP contribution is 2.70. The number of aliphatic hydroxyl groups is 1. The van der Waals surface area contributed by atoms with E-state index in [1.807, 2.05) is 0 Å². The lowest BCUT2D eigenvalue weighted by atomic mass is 9.47. The molecule has 0 amide bonds. The molecule has 0 unspecified atom stereocenters. The summed E-state index contributed by atoms with van der Waals surface area (Å²) < 4.78 is 6.47. The summed E-state index contributed by atoms with van der Waals surface area (Å²) in [6.07, 6.45) is 15.5. The first-order valence-corrected chi connectivity index (χ1v) is 12.7. The summed E-state index contributed by atoms with van der Waals surface area (Å²) in [6.45, 7) is 12.3. The van der Waals surface area contributed by atoms with Gasteiger partial charge in [-0.15, -0.1) is 0 Å². The molecule has 4 fully saturated rings. The minimum atomic E-state index is -0.0923. The van der Waals surface area contributed by atoms with E-state index < -0.39 is 0 Å². The van der Waals surface area contributed by atoms with Crippen LogP contribution < -0.4 is 0 Å². The van der Waals surface area contributed by atoms with E-state index in [-0.39, 0.29) is 11.7 Å². The molecule has 9 atom stereocenters. The summed E-state index contributed by atoms with van der Waals surface area (Å²) in [5.41, 5.74) is 2.58. The summed E-state index contributed by atoms with van der Waals surface area (Å²) >= 11 is 0. The van der Waals surface area contributed by atoms with Crippen molar-refractivity contribution in [1.29, 1.82) is 0 Å². The summed E-state index contributed by atoms with van der Waals surface area (Å²) in [5, 5.41) is 10.2. The third-order valence-corrected chi connectivity index (χ3v) is 10.8. The predicted molar refractivity (Wildman–Crippen MR) is 119 cm³/mol. The molecular formula is C27H44O2. The van der Waals surface area contributed by atoms with Crippen molar-refractivity contribution in [3.05, 3.63) is 11.6 Å². The Bertz CT molecular complexity index is 682. The van der Waals surface area contributed by atoms with Crippen LogP contribution in [0.25, 0.3) is 0 Å². The van der Waals surface area contributed by atoms with Crippen LogP contribution in [0.3, 0.4) is 0 Å². The van der Waals surface area contributed by atoms with Crippen molar-refractivity contribution in [1.82, 2.24) is 0 Å². The molecule has 0 spiro atoms. The number of epoxide rings is 1. The molecular weight excluding hydrogens is 356 g/mol. The normalized spacial score (nSPS) is 53.8. The number of allylic oxidation sites excluding steroid dienone is 1.